The Morgan fingerprint density at radius 1 is 0.625 bits per heavy atom. The van der Waals surface area contributed by atoms with E-state index in [0.717, 1.165) is 59.0 Å². The van der Waals surface area contributed by atoms with E-state index in [0.29, 0.717) is 27.8 Å². The molecule has 1 aromatic heterocycles. The molecule has 0 spiro atoms. The summed E-state index contributed by atoms with van der Waals surface area (Å²) in [7, 11) is 0. The van der Waals surface area contributed by atoms with Gasteiger partial charge in [0.05, 0.1) is 11.1 Å². The molecule has 0 bridgehead atoms. The molecule has 13 heteroatoms. The number of hydrogen-bond acceptors (Lipinski definition) is 5. The highest BCUT2D eigenvalue weighted by atomic mass is 19.4. The maximum absolute atomic E-state index is 14.2. The van der Waals surface area contributed by atoms with E-state index < -0.39 is 41.4 Å². The first-order valence-electron chi connectivity index (χ1n) is 17.2. The minimum Gasteiger partial charge on any atom is -0.480 e. The van der Waals surface area contributed by atoms with Crippen LogP contribution in [-0.2, 0) is 29.0 Å². The Balaban J connectivity index is 1.26. The van der Waals surface area contributed by atoms with Gasteiger partial charge in [-0.15, -0.1) is 0 Å². The fraction of sp³-hybridized carbons (Fsp3) is 0.186. The number of rotatable bonds is 10. The Morgan fingerprint density at radius 2 is 1.09 bits per heavy atom. The van der Waals surface area contributed by atoms with Gasteiger partial charge in [0.1, 0.15) is 34.7 Å². The van der Waals surface area contributed by atoms with Crippen LogP contribution in [-0.4, -0.2) is 28.0 Å². The summed E-state index contributed by atoms with van der Waals surface area (Å²) in [4.78, 5) is 32.3. The van der Waals surface area contributed by atoms with Gasteiger partial charge in [0.25, 0.3) is 5.91 Å². The first kappa shape index (κ1) is 39.3. The molecule has 0 fully saturated rings. The van der Waals surface area contributed by atoms with Crippen LogP contribution in [0.3, 0.4) is 0 Å². The standard InChI is InChI=1S/C43H34F6N2O5/c1-41(2,3)29-9-18-35(19-10-29)56-36-17-6-27-24-37(50-25-28(27)23-36)39(52)51(32-13-7-30(8-14-32)42(44,45)46)38(40(53)54)22-26-4-15-33(16-5-26)55-34-20-11-31(12-21-34)43(47,48)49/h4-21,23-25,38H,22H2,1-3H3,(H,53,54)/t38-/m0/s1. The van der Waals surface area contributed by atoms with E-state index in [1.54, 1.807) is 18.2 Å². The summed E-state index contributed by atoms with van der Waals surface area (Å²) >= 11 is 0. The van der Waals surface area contributed by atoms with Crippen molar-refractivity contribution < 1.29 is 50.5 Å². The van der Waals surface area contributed by atoms with Crippen LogP contribution in [0.1, 0.15) is 53.5 Å². The van der Waals surface area contributed by atoms with Crippen LogP contribution in [0, 0.1) is 0 Å². The average Bonchev–Trinajstić information content (AvgIpc) is 3.14. The number of pyridine rings is 1. The Kier molecular flexibility index (Phi) is 10.8. The summed E-state index contributed by atoms with van der Waals surface area (Å²) in [5, 5.41) is 11.6. The van der Waals surface area contributed by atoms with Gasteiger partial charge in [-0.1, -0.05) is 51.1 Å². The van der Waals surface area contributed by atoms with Gasteiger partial charge in [0.15, 0.2) is 0 Å². The lowest BCUT2D eigenvalue weighted by atomic mass is 9.87. The Bertz CT molecular complexity index is 2340. The van der Waals surface area contributed by atoms with Gasteiger partial charge in [-0.2, -0.15) is 26.3 Å². The molecule has 1 heterocycles. The lowest BCUT2D eigenvalue weighted by molar-refractivity contribution is -0.139. The minimum absolute atomic E-state index is 0.0287. The zero-order valence-electron chi connectivity index (χ0n) is 30.2. The van der Waals surface area contributed by atoms with Crippen LogP contribution >= 0.6 is 0 Å². The predicted molar refractivity (Wildman–Crippen MR) is 198 cm³/mol. The number of amides is 1. The number of nitrogens with zero attached hydrogens (tertiary/aromatic N) is 2. The van der Waals surface area contributed by atoms with E-state index in [1.165, 1.54) is 36.5 Å². The SMILES string of the molecule is CC(C)(C)c1ccc(Oc2ccc3cc(C(=O)N(c4ccc(C(F)(F)F)cc4)[C@@H](Cc4ccc(Oc5ccc(C(F)(F)F)cc5)cc4)C(=O)O)ncc3c2)cc1. The van der Waals surface area contributed by atoms with E-state index >= 15 is 0 Å². The molecule has 0 aliphatic rings. The molecule has 0 saturated carbocycles. The molecule has 0 aliphatic carbocycles. The number of fused-ring (bicyclic) bond motifs is 1. The van der Waals surface area contributed by atoms with Crippen molar-refractivity contribution in [3.63, 3.8) is 0 Å². The van der Waals surface area contributed by atoms with Gasteiger partial charge < -0.3 is 14.6 Å². The highest BCUT2D eigenvalue weighted by molar-refractivity contribution is 6.09. The van der Waals surface area contributed by atoms with E-state index in [2.05, 4.69) is 25.8 Å². The monoisotopic (exact) mass is 772 g/mol. The molecule has 6 rings (SSSR count). The molecular formula is C43H34F6N2O5. The molecule has 56 heavy (non-hydrogen) atoms. The van der Waals surface area contributed by atoms with Gasteiger partial charge in [-0.3, -0.25) is 14.7 Å². The van der Waals surface area contributed by atoms with Crippen molar-refractivity contribution in [1.29, 1.82) is 0 Å². The fourth-order valence-electron chi connectivity index (χ4n) is 5.89. The van der Waals surface area contributed by atoms with Crippen LogP contribution in [0.5, 0.6) is 23.0 Å². The molecule has 1 atom stereocenters. The number of halogens is 6. The van der Waals surface area contributed by atoms with Gasteiger partial charge in [-0.25, -0.2) is 4.79 Å². The fourth-order valence-corrected chi connectivity index (χ4v) is 5.89. The molecule has 288 valence electrons. The average molecular weight is 773 g/mol. The molecule has 7 nitrogen and oxygen atoms in total. The number of carboxylic acids is 1. The normalized spacial score (nSPS) is 12.6. The third kappa shape index (κ3) is 9.28. The van der Waals surface area contributed by atoms with Crippen molar-refractivity contribution in [2.45, 2.75) is 51.0 Å². The van der Waals surface area contributed by atoms with Gasteiger partial charge >= 0.3 is 18.3 Å². The highest BCUT2D eigenvalue weighted by Gasteiger charge is 2.35. The van der Waals surface area contributed by atoms with E-state index in [1.807, 2.05) is 24.3 Å². The van der Waals surface area contributed by atoms with Crippen LogP contribution < -0.4 is 14.4 Å². The van der Waals surface area contributed by atoms with Gasteiger partial charge in [0.2, 0.25) is 0 Å². The second kappa shape index (κ2) is 15.4. The summed E-state index contributed by atoms with van der Waals surface area (Å²) in [6.07, 6.45) is -8.05. The van der Waals surface area contributed by atoms with Crippen molar-refractivity contribution in [3.8, 4) is 23.0 Å². The largest absolute Gasteiger partial charge is 0.480 e. The molecule has 0 unspecified atom stereocenters. The lowest BCUT2D eigenvalue weighted by Gasteiger charge is -2.29. The first-order chi connectivity index (χ1) is 26.3. The summed E-state index contributed by atoms with van der Waals surface area (Å²) in [6, 6.07) is 26.3. The third-order valence-electron chi connectivity index (χ3n) is 8.93. The molecule has 0 aliphatic heterocycles. The second-order valence-corrected chi connectivity index (χ2v) is 14.0. The topological polar surface area (TPSA) is 89.0 Å². The molecule has 1 amide bonds. The Labute approximate surface area is 317 Å². The van der Waals surface area contributed by atoms with Gasteiger partial charge in [-0.05, 0) is 113 Å². The number of anilines is 1. The Morgan fingerprint density at radius 3 is 1.59 bits per heavy atom. The maximum Gasteiger partial charge on any atom is 0.416 e. The zero-order valence-corrected chi connectivity index (χ0v) is 30.2. The molecule has 0 radical (unpaired) electrons. The van der Waals surface area contributed by atoms with Crippen LogP contribution in [0.4, 0.5) is 32.0 Å². The smallest absolute Gasteiger partial charge is 0.416 e. The summed E-state index contributed by atoms with van der Waals surface area (Å²) in [5.41, 5.74) is -0.578. The second-order valence-electron chi connectivity index (χ2n) is 14.0. The quantitative estimate of drug-likeness (QED) is 0.140. The maximum atomic E-state index is 14.2. The van der Waals surface area contributed by atoms with Crippen molar-refractivity contribution in [2.75, 3.05) is 4.90 Å². The molecule has 6 aromatic rings. The van der Waals surface area contributed by atoms with Crippen molar-refractivity contribution in [1.82, 2.24) is 4.98 Å². The number of carbonyl (C=O) groups excluding carboxylic acids is 1. The molecule has 5 aromatic carbocycles. The third-order valence-corrected chi connectivity index (χ3v) is 8.93. The van der Waals surface area contributed by atoms with Gasteiger partial charge in [0, 0.05) is 23.7 Å². The number of alkyl halides is 6. The summed E-state index contributed by atoms with van der Waals surface area (Å²) in [6.45, 7) is 6.32. The number of carboxylic acid groups (broad SMARTS) is 1. The van der Waals surface area contributed by atoms with E-state index in [4.69, 9.17) is 9.47 Å². The molecule has 0 saturated heterocycles. The number of benzene rings is 5. The predicted octanol–water partition coefficient (Wildman–Crippen LogP) is 11.5. The Hall–Kier alpha value is -6.37. The summed E-state index contributed by atoms with van der Waals surface area (Å²) < 4.78 is 90.9. The van der Waals surface area contributed by atoms with Crippen LogP contribution in [0.15, 0.2) is 128 Å². The van der Waals surface area contributed by atoms with Crippen LogP contribution in [0.2, 0.25) is 0 Å². The summed E-state index contributed by atoms with van der Waals surface area (Å²) in [5.74, 6) is -0.823. The minimum atomic E-state index is -4.68. The van der Waals surface area contributed by atoms with Crippen LogP contribution in [0.25, 0.3) is 10.8 Å². The van der Waals surface area contributed by atoms with Crippen molar-refractivity contribution in [2.24, 2.45) is 0 Å². The lowest BCUT2D eigenvalue weighted by Crippen LogP contribution is -2.47. The number of hydrogen-bond donors (Lipinski definition) is 1. The molecule has 1 N–H and O–H groups in total. The van der Waals surface area contributed by atoms with Crippen molar-refractivity contribution in [3.05, 3.63) is 155 Å². The van der Waals surface area contributed by atoms with Crippen molar-refractivity contribution >= 4 is 28.3 Å². The number of carbonyl (C=O) groups is 2. The van der Waals surface area contributed by atoms with E-state index in [9.17, 15) is 41.0 Å². The molecular weight excluding hydrogens is 738 g/mol. The van der Waals surface area contributed by atoms with E-state index in [-0.39, 0.29) is 34.7 Å². The first-order valence-corrected chi connectivity index (χ1v) is 17.2. The number of aromatic nitrogens is 1. The highest BCUT2D eigenvalue weighted by Crippen LogP contribution is 2.34. The number of aliphatic carboxylic acids is 1. The number of ether oxygens (including phenoxy) is 2. The zero-order chi connectivity index (χ0) is 40.4.